The van der Waals surface area contributed by atoms with Crippen LogP contribution in [0.5, 0.6) is 0 Å². The number of Topliss-reactive ketones (excluding diaryl/α,β-unsaturated/α-hetero) is 1. The number of imide groups is 1. The number of nitrogens with zero attached hydrogens (tertiary/aromatic N) is 1. The number of ether oxygens (including phenoxy) is 1. The van der Waals surface area contributed by atoms with Crippen molar-refractivity contribution in [2.45, 2.75) is 32.6 Å². The Balaban J connectivity index is 1.21. The number of esters is 1. The zero-order chi connectivity index (χ0) is 21.4. The molecule has 0 radical (unpaired) electrons. The van der Waals surface area contributed by atoms with Crippen LogP contribution >= 0.6 is 0 Å². The van der Waals surface area contributed by atoms with Gasteiger partial charge in [0.05, 0.1) is 18.3 Å². The van der Waals surface area contributed by atoms with Gasteiger partial charge in [-0.1, -0.05) is 0 Å². The van der Waals surface area contributed by atoms with Crippen LogP contribution in [0.15, 0.2) is 24.3 Å². The molecule has 3 fully saturated rings. The first-order valence-corrected chi connectivity index (χ1v) is 10.3. The average Bonchev–Trinajstić information content (AvgIpc) is 3.40. The van der Waals surface area contributed by atoms with E-state index in [-0.39, 0.29) is 42.4 Å². The number of benzene rings is 1. The van der Waals surface area contributed by atoms with Crippen LogP contribution in [0.4, 0.5) is 5.69 Å². The number of carbonyl (C=O) groups is 5. The number of amides is 3. The van der Waals surface area contributed by atoms with Crippen LogP contribution in [0.1, 0.15) is 43.0 Å². The van der Waals surface area contributed by atoms with Gasteiger partial charge < -0.3 is 10.1 Å². The Morgan fingerprint density at radius 1 is 1.03 bits per heavy atom. The molecule has 4 atom stereocenters. The summed E-state index contributed by atoms with van der Waals surface area (Å²) in [5.41, 5.74) is 1.01. The Morgan fingerprint density at radius 2 is 1.63 bits per heavy atom. The number of hydrogen-bond donors (Lipinski definition) is 1. The maximum Gasteiger partial charge on any atom is 0.308 e. The molecule has 4 rings (SSSR count). The lowest BCUT2D eigenvalue weighted by molar-refractivity contribution is -0.149. The second-order valence-corrected chi connectivity index (χ2v) is 8.31. The lowest BCUT2D eigenvalue weighted by Gasteiger charge is -2.19. The summed E-state index contributed by atoms with van der Waals surface area (Å²) in [5, 5.41) is 2.57. The van der Waals surface area contributed by atoms with Gasteiger partial charge in [-0.25, -0.2) is 0 Å². The number of anilines is 1. The average molecular weight is 412 g/mol. The molecule has 3 aliphatic rings. The van der Waals surface area contributed by atoms with Crippen LogP contribution in [0, 0.1) is 23.7 Å². The van der Waals surface area contributed by atoms with Gasteiger partial charge in [0.25, 0.3) is 5.91 Å². The van der Waals surface area contributed by atoms with Gasteiger partial charge in [0.15, 0.2) is 12.4 Å². The first-order valence-electron chi connectivity index (χ1n) is 10.3. The summed E-state index contributed by atoms with van der Waals surface area (Å²) in [6.45, 7) is 0.981. The highest BCUT2D eigenvalue weighted by molar-refractivity contribution is 6.06. The van der Waals surface area contributed by atoms with E-state index in [0.717, 1.165) is 19.3 Å². The molecule has 8 heteroatoms. The molecule has 3 amide bonds. The summed E-state index contributed by atoms with van der Waals surface area (Å²) < 4.78 is 4.96. The Hall–Kier alpha value is -3.03. The Kier molecular flexibility index (Phi) is 5.40. The van der Waals surface area contributed by atoms with Gasteiger partial charge in [-0.15, -0.1) is 0 Å². The predicted octanol–water partition coefficient (Wildman–Crippen LogP) is 1.79. The highest BCUT2D eigenvalue weighted by Crippen LogP contribution is 2.56. The standard InChI is InChI=1S/C22H24N2O6/c1-12(25)13-4-6-16(7-5-13)23-17(26)11-30-18(27)8-9-24-21(28)19-14-2-3-15(10-14)20(19)22(24)29/h4-7,14-15,19-20H,2-3,8-11H2,1H3,(H,23,26)/t14-,15-,19-,20-/m0/s1. The summed E-state index contributed by atoms with van der Waals surface area (Å²) >= 11 is 0. The van der Waals surface area contributed by atoms with E-state index < -0.39 is 18.5 Å². The number of carbonyl (C=O) groups excluding carboxylic acids is 5. The summed E-state index contributed by atoms with van der Waals surface area (Å²) in [4.78, 5) is 61.6. The first-order chi connectivity index (χ1) is 14.3. The summed E-state index contributed by atoms with van der Waals surface area (Å²) in [5.74, 6) is -1.33. The quantitative estimate of drug-likeness (QED) is 0.415. The topological polar surface area (TPSA) is 110 Å². The van der Waals surface area contributed by atoms with E-state index >= 15 is 0 Å². The molecule has 2 bridgehead atoms. The number of rotatable bonds is 7. The molecule has 8 nitrogen and oxygen atoms in total. The molecule has 1 aromatic rings. The van der Waals surface area contributed by atoms with Crippen LogP contribution in [-0.4, -0.2) is 47.5 Å². The molecule has 158 valence electrons. The predicted molar refractivity (Wildman–Crippen MR) is 105 cm³/mol. The summed E-state index contributed by atoms with van der Waals surface area (Å²) in [7, 11) is 0. The van der Waals surface area contributed by atoms with Crippen molar-refractivity contribution in [1.82, 2.24) is 4.90 Å². The molecule has 1 aliphatic heterocycles. The van der Waals surface area contributed by atoms with Gasteiger partial charge in [-0.3, -0.25) is 28.9 Å². The number of nitrogens with one attached hydrogen (secondary N) is 1. The van der Waals surface area contributed by atoms with Gasteiger partial charge in [0, 0.05) is 17.8 Å². The third kappa shape index (κ3) is 3.74. The molecule has 2 aliphatic carbocycles. The minimum absolute atomic E-state index is 0.00291. The lowest BCUT2D eigenvalue weighted by atomic mass is 9.81. The number of fused-ring (bicyclic) bond motifs is 5. The van der Waals surface area contributed by atoms with Crippen molar-refractivity contribution in [3.05, 3.63) is 29.8 Å². The second-order valence-electron chi connectivity index (χ2n) is 8.31. The maximum atomic E-state index is 12.6. The highest BCUT2D eigenvalue weighted by Gasteiger charge is 2.60. The van der Waals surface area contributed by atoms with Crippen molar-refractivity contribution in [3.63, 3.8) is 0 Å². The van der Waals surface area contributed by atoms with Crippen LogP contribution in [0.25, 0.3) is 0 Å². The number of likely N-dealkylation sites (tertiary alicyclic amines) is 1. The minimum atomic E-state index is -0.641. The van der Waals surface area contributed by atoms with Gasteiger partial charge in [-0.2, -0.15) is 0 Å². The van der Waals surface area contributed by atoms with Crippen molar-refractivity contribution >= 4 is 35.2 Å². The largest absolute Gasteiger partial charge is 0.456 e. The number of ketones is 1. The van der Waals surface area contributed by atoms with Gasteiger partial charge in [-0.05, 0) is 62.3 Å². The first kappa shape index (κ1) is 20.3. The van der Waals surface area contributed by atoms with Crippen LogP contribution in [0.2, 0.25) is 0 Å². The third-order valence-electron chi connectivity index (χ3n) is 6.50. The van der Waals surface area contributed by atoms with Crippen molar-refractivity contribution in [2.24, 2.45) is 23.7 Å². The van der Waals surface area contributed by atoms with Crippen molar-refractivity contribution in [1.29, 1.82) is 0 Å². The SMILES string of the molecule is CC(=O)c1ccc(NC(=O)COC(=O)CCN2C(=O)[C@H]3[C@H]4CC[C@@H](C4)[C@@H]3C2=O)cc1. The Labute approximate surface area is 173 Å². The van der Waals surface area contributed by atoms with E-state index in [9.17, 15) is 24.0 Å². The molecule has 1 saturated heterocycles. The zero-order valence-electron chi connectivity index (χ0n) is 16.8. The van der Waals surface area contributed by atoms with E-state index in [1.807, 2.05) is 0 Å². The van der Waals surface area contributed by atoms with E-state index in [1.165, 1.54) is 11.8 Å². The Bertz CT molecular complexity index is 881. The van der Waals surface area contributed by atoms with Crippen molar-refractivity contribution in [3.8, 4) is 0 Å². The van der Waals surface area contributed by atoms with E-state index in [0.29, 0.717) is 23.1 Å². The molecule has 30 heavy (non-hydrogen) atoms. The Morgan fingerprint density at radius 3 is 2.20 bits per heavy atom. The van der Waals surface area contributed by atoms with E-state index in [4.69, 9.17) is 4.74 Å². The fraction of sp³-hybridized carbons (Fsp3) is 0.500. The summed E-state index contributed by atoms with van der Waals surface area (Å²) in [6, 6.07) is 6.36. The molecular formula is C22H24N2O6. The van der Waals surface area contributed by atoms with Crippen LogP contribution < -0.4 is 5.32 Å². The monoisotopic (exact) mass is 412 g/mol. The van der Waals surface area contributed by atoms with Crippen LogP contribution in [0.3, 0.4) is 0 Å². The van der Waals surface area contributed by atoms with Gasteiger partial charge in [0.1, 0.15) is 0 Å². The van der Waals surface area contributed by atoms with Gasteiger partial charge >= 0.3 is 5.97 Å². The fourth-order valence-corrected chi connectivity index (χ4v) is 5.10. The molecule has 1 aromatic carbocycles. The molecule has 0 unspecified atom stereocenters. The lowest BCUT2D eigenvalue weighted by Crippen LogP contribution is -2.35. The highest BCUT2D eigenvalue weighted by atomic mass is 16.5. The van der Waals surface area contributed by atoms with Crippen LogP contribution in [-0.2, 0) is 23.9 Å². The molecular weight excluding hydrogens is 388 g/mol. The third-order valence-corrected chi connectivity index (χ3v) is 6.50. The van der Waals surface area contributed by atoms with E-state index in [1.54, 1.807) is 24.3 Å². The normalized spacial score (nSPS) is 26.6. The summed E-state index contributed by atoms with van der Waals surface area (Å²) in [6.07, 6.45) is 2.85. The van der Waals surface area contributed by atoms with Crippen molar-refractivity contribution < 1.29 is 28.7 Å². The van der Waals surface area contributed by atoms with Gasteiger partial charge in [0.2, 0.25) is 11.8 Å². The fourth-order valence-electron chi connectivity index (χ4n) is 5.10. The maximum absolute atomic E-state index is 12.6. The molecule has 1 heterocycles. The second kappa shape index (κ2) is 8.01. The smallest absolute Gasteiger partial charge is 0.308 e. The molecule has 0 aromatic heterocycles. The van der Waals surface area contributed by atoms with Crippen molar-refractivity contribution in [2.75, 3.05) is 18.5 Å². The minimum Gasteiger partial charge on any atom is -0.456 e. The molecule has 1 N–H and O–H groups in total. The number of hydrogen-bond acceptors (Lipinski definition) is 6. The molecule has 0 spiro atoms. The molecule has 2 saturated carbocycles. The zero-order valence-corrected chi connectivity index (χ0v) is 16.8. The van der Waals surface area contributed by atoms with E-state index in [2.05, 4.69) is 5.32 Å².